The molecule has 0 unspecified atom stereocenters. The number of nitrogens with zero attached hydrogens (tertiary/aromatic N) is 2. The molecule has 1 aliphatic carbocycles. The van der Waals surface area contributed by atoms with E-state index < -0.39 is 10.0 Å². The van der Waals surface area contributed by atoms with Crippen molar-refractivity contribution in [2.75, 3.05) is 24.7 Å². The second-order valence-corrected chi connectivity index (χ2v) is 12.0. The van der Waals surface area contributed by atoms with Crippen molar-refractivity contribution in [1.82, 2.24) is 14.6 Å². The van der Waals surface area contributed by atoms with Crippen LogP contribution in [-0.4, -0.2) is 49.0 Å². The first kappa shape index (κ1) is 25.4. The van der Waals surface area contributed by atoms with Crippen molar-refractivity contribution < 1.29 is 13.2 Å². The highest BCUT2D eigenvalue weighted by atomic mass is 32.2. The number of fused-ring (bicyclic) bond motifs is 1. The molecule has 37 heavy (non-hydrogen) atoms. The number of aromatic nitrogens is 1. The van der Waals surface area contributed by atoms with E-state index in [9.17, 15) is 13.2 Å². The minimum atomic E-state index is -3.11. The molecule has 2 fully saturated rings. The molecule has 0 spiro atoms. The number of sulfonamides is 1. The van der Waals surface area contributed by atoms with Crippen LogP contribution in [0.5, 0.6) is 0 Å². The predicted octanol–water partition coefficient (Wildman–Crippen LogP) is 4.07. The molecule has 1 amide bonds. The van der Waals surface area contributed by atoms with Gasteiger partial charge < -0.3 is 10.6 Å². The van der Waals surface area contributed by atoms with Gasteiger partial charge in [0, 0.05) is 60.0 Å². The number of anilines is 1. The molecule has 1 saturated heterocycles. The summed E-state index contributed by atoms with van der Waals surface area (Å²) in [6.45, 7) is 3.75. The summed E-state index contributed by atoms with van der Waals surface area (Å²) >= 11 is 0. The van der Waals surface area contributed by atoms with Gasteiger partial charge in [0.05, 0.1) is 11.8 Å². The number of amides is 1. The maximum atomic E-state index is 12.8. The van der Waals surface area contributed by atoms with Crippen LogP contribution in [0.3, 0.4) is 0 Å². The second kappa shape index (κ2) is 10.6. The van der Waals surface area contributed by atoms with Crippen LogP contribution in [0.25, 0.3) is 10.9 Å². The largest absolute Gasteiger partial charge is 0.322 e. The molecule has 192 valence electrons. The molecule has 2 aromatic carbocycles. The highest BCUT2D eigenvalue weighted by Crippen LogP contribution is 2.28. The smallest absolute Gasteiger partial charge is 0.255 e. The summed E-state index contributed by atoms with van der Waals surface area (Å²) in [5.74, 6) is 6.80. The van der Waals surface area contributed by atoms with Crippen molar-refractivity contribution in [1.29, 1.82) is 0 Å². The number of carbonyl (C=O) groups excluding carboxylic acids is 1. The lowest BCUT2D eigenvalue weighted by atomic mass is 10.0. The average Bonchev–Trinajstić information content (AvgIpc) is 3.72. The van der Waals surface area contributed by atoms with Crippen molar-refractivity contribution in [3.63, 3.8) is 0 Å². The Kier molecular flexibility index (Phi) is 7.29. The fourth-order valence-corrected chi connectivity index (χ4v) is 5.47. The SMILES string of the molecule is Cc1c(NC(=O)c2ccc(C#CC3CC3)cc2)ccc2cc(CNC3CCN(S(C)(=O)=O)CC3)cnc12. The van der Waals surface area contributed by atoms with Crippen molar-refractivity contribution in [2.24, 2.45) is 5.92 Å². The van der Waals surface area contributed by atoms with Gasteiger partial charge in [0.15, 0.2) is 0 Å². The van der Waals surface area contributed by atoms with Crippen LogP contribution in [0, 0.1) is 24.7 Å². The third-order valence-corrected chi connectivity index (χ3v) is 8.38. The summed E-state index contributed by atoms with van der Waals surface area (Å²) in [6, 6.07) is 13.7. The molecule has 2 N–H and O–H groups in total. The second-order valence-electron chi connectivity index (χ2n) is 10.0. The number of piperidine rings is 1. The van der Waals surface area contributed by atoms with Gasteiger partial charge in [-0.05, 0) is 80.1 Å². The summed E-state index contributed by atoms with van der Waals surface area (Å²) in [4.78, 5) is 17.5. The van der Waals surface area contributed by atoms with Crippen molar-refractivity contribution in [3.05, 3.63) is 70.9 Å². The number of carbonyl (C=O) groups is 1. The van der Waals surface area contributed by atoms with E-state index in [0.29, 0.717) is 31.1 Å². The predicted molar refractivity (Wildman–Crippen MR) is 147 cm³/mol. The maximum Gasteiger partial charge on any atom is 0.255 e. The zero-order valence-electron chi connectivity index (χ0n) is 21.3. The molecule has 3 aromatic rings. The minimum absolute atomic E-state index is 0.160. The lowest BCUT2D eigenvalue weighted by molar-refractivity contribution is 0.102. The highest BCUT2D eigenvalue weighted by molar-refractivity contribution is 7.88. The van der Waals surface area contributed by atoms with Gasteiger partial charge in [-0.25, -0.2) is 12.7 Å². The van der Waals surface area contributed by atoms with Gasteiger partial charge in [-0.1, -0.05) is 17.9 Å². The number of nitrogens with one attached hydrogen (secondary N) is 2. The summed E-state index contributed by atoms with van der Waals surface area (Å²) in [5.41, 5.74) is 5.11. The van der Waals surface area contributed by atoms with Crippen LogP contribution in [-0.2, 0) is 16.6 Å². The van der Waals surface area contributed by atoms with Crippen LogP contribution in [0.15, 0.2) is 48.7 Å². The topological polar surface area (TPSA) is 91.4 Å². The van der Waals surface area contributed by atoms with E-state index >= 15 is 0 Å². The molecule has 1 aliphatic heterocycles. The standard InChI is InChI=1S/C29H32N4O3S/c1-20-27(32-29(34)24-9-7-22(8-10-24)6-5-21-3-4-21)12-11-25-17-23(19-31-28(20)25)18-30-26-13-15-33(16-14-26)37(2,35)36/h7-12,17,19,21,26,30H,3-4,13-16,18H2,1-2H3,(H,32,34). The number of hydrogen-bond donors (Lipinski definition) is 2. The van der Waals surface area contributed by atoms with Crippen LogP contribution >= 0.6 is 0 Å². The van der Waals surface area contributed by atoms with E-state index in [1.54, 1.807) is 4.31 Å². The van der Waals surface area contributed by atoms with E-state index in [-0.39, 0.29) is 11.9 Å². The Balaban J connectivity index is 1.20. The first-order valence-electron chi connectivity index (χ1n) is 12.8. The van der Waals surface area contributed by atoms with E-state index in [4.69, 9.17) is 0 Å². The van der Waals surface area contributed by atoms with E-state index in [0.717, 1.165) is 46.1 Å². The Morgan fingerprint density at radius 2 is 1.81 bits per heavy atom. The van der Waals surface area contributed by atoms with E-state index in [2.05, 4.69) is 33.5 Å². The summed E-state index contributed by atoms with van der Waals surface area (Å²) in [6.07, 6.45) is 7.12. The van der Waals surface area contributed by atoms with Gasteiger partial charge >= 0.3 is 0 Å². The molecule has 1 saturated carbocycles. The van der Waals surface area contributed by atoms with Gasteiger partial charge in [-0.15, -0.1) is 0 Å². The first-order chi connectivity index (χ1) is 17.8. The van der Waals surface area contributed by atoms with Crippen molar-refractivity contribution in [2.45, 2.75) is 45.2 Å². The molecular weight excluding hydrogens is 484 g/mol. The van der Waals surface area contributed by atoms with Crippen LogP contribution in [0.2, 0.25) is 0 Å². The lowest BCUT2D eigenvalue weighted by Crippen LogP contribution is -2.44. The molecular formula is C29H32N4O3S. The minimum Gasteiger partial charge on any atom is -0.322 e. The Bertz CT molecular complexity index is 1480. The molecule has 0 bridgehead atoms. The molecule has 0 atom stereocenters. The van der Waals surface area contributed by atoms with Gasteiger partial charge in [0.1, 0.15) is 0 Å². The summed E-state index contributed by atoms with van der Waals surface area (Å²) in [7, 11) is -3.11. The number of hydrogen-bond acceptors (Lipinski definition) is 5. The van der Waals surface area contributed by atoms with Gasteiger partial charge in [-0.2, -0.15) is 0 Å². The highest BCUT2D eigenvalue weighted by Gasteiger charge is 2.24. The third-order valence-electron chi connectivity index (χ3n) is 7.07. The van der Waals surface area contributed by atoms with Gasteiger partial charge in [0.2, 0.25) is 10.0 Å². The molecule has 8 heteroatoms. The van der Waals surface area contributed by atoms with Crippen molar-refractivity contribution in [3.8, 4) is 11.8 Å². The van der Waals surface area contributed by atoms with Crippen molar-refractivity contribution >= 4 is 32.5 Å². The normalized spacial score (nSPS) is 16.8. The Hall–Kier alpha value is -3.25. The quantitative estimate of drug-likeness (QED) is 0.482. The van der Waals surface area contributed by atoms with Crippen LogP contribution in [0.1, 0.15) is 52.7 Å². The molecule has 2 heterocycles. The maximum absolute atomic E-state index is 12.8. The molecule has 5 rings (SSSR count). The fraction of sp³-hybridized carbons (Fsp3) is 0.379. The number of benzene rings is 2. The van der Waals surface area contributed by atoms with Crippen LogP contribution in [0.4, 0.5) is 5.69 Å². The van der Waals surface area contributed by atoms with E-state index in [1.807, 2.05) is 49.5 Å². The van der Waals surface area contributed by atoms with Gasteiger partial charge in [-0.3, -0.25) is 9.78 Å². The summed E-state index contributed by atoms with van der Waals surface area (Å²) in [5, 5.41) is 7.57. The van der Waals surface area contributed by atoms with Gasteiger partial charge in [0.25, 0.3) is 5.91 Å². The average molecular weight is 517 g/mol. The Morgan fingerprint density at radius 3 is 2.49 bits per heavy atom. The number of pyridine rings is 1. The monoisotopic (exact) mass is 516 g/mol. The zero-order chi connectivity index (χ0) is 26.0. The fourth-order valence-electron chi connectivity index (χ4n) is 4.59. The van der Waals surface area contributed by atoms with Crippen LogP contribution < -0.4 is 10.6 Å². The summed E-state index contributed by atoms with van der Waals surface area (Å²) < 4.78 is 25.0. The van der Waals surface area contributed by atoms with E-state index in [1.165, 1.54) is 19.1 Å². The Morgan fingerprint density at radius 1 is 1.08 bits per heavy atom. The first-order valence-corrected chi connectivity index (χ1v) is 14.6. The molecule has 0 radical (unpaired) electrons. The third kappa shape index (κ3) is 6.37. The molecule has 7 nitrogen and oxygen atoms in total. The lowest BCUT2D eigenvalue weighted by Gasteiger charge is -2.30. The number of aryl methyl sites for hydroxylation is 1. The molecule has 1 aromatic heterocycles. The molecule has 2 aliphatic rings. The Labute approximate surface area is 218 Å². The zero-order valence-corrected chi connectivity index (χ0v) is 22.1. The number of rotatable bonds is 6.